The number of halogens is 1. The molecule has 0 amide bonds. The number of benzene rings is 1. The van der Waals surface area contributed by atoms with Crippen LogP contribution in [-0.4, -0.2) is 0 Å². The maximum Gasteiger partial charge on any atom is 0.123 e. The van der Waals surface area contributed by atoms with Crippen molar-refractivity contribution in [2.24, 2.45) is 0 Å². The van der Waals surface area contributed by atoms with Gasteiger partial charge >= 0.3 is 0 Å². The Hall–Kier alpha value is -0.850. The summed E-state index contributed by atoms with van der Waals surface area (Å²) in [7, 11) is 0. The van der Waals surface area contributed by atoms with E-state index in [2.05, 4.69) is 20.8 Å². The third kappa shape index (κ3) is 2.09. The summed E-state index contributed by atoms with van der Waals surface area (Å²) in [6.45, 7) is 8.31. The molecule has 0 saturated heterocycles. The third-order valence-corrected chi connectivity index (χ3v) is 2.45. The smallest absolute Gasteiger partial charge is 0.123 e. The number of aryl methyl sites for hydroxylation is 1. The van der Waals surface area contributed by atoms with Crippen molar-refractivity contribution in [2.45, 2.75) is 40.0 Å². The van der Waals surface area contributed by atoms with E-state index in [-0.39, 0.29) is 5.82 Å². The fourth-order valence-corrected chi connectivity index (χ4v) is 1.80. The summed E-state index contributed by atoms with van der Waals surface area (Å²) < 4.78 is 13.1. The molecule has 0 saturated carbocycles. The Labute approximate surface area is 79.8 Å². The molecule has 0 spiro atoms. The molecule has 0 aliphatic carbocycles. The molecular formula is C12H17F. The molecule has 1 heteroatoms. The predicted molar refractivity (Wildman–Crippen MR) is 54.6 cm³/mol. The van der Waals surface area contributed by atoms with Gasteiger partial charge in [0, 0.05) is 0 Å². The SMILES string of the molecule is CCc1c(C)cc(F)cc1C(C)C. The Kier molecular flexibility index (Phi) is 3.07. The van der Waals surface area contributed by atoms with Gasteiger partial charge in [-0.1, -0.05) is 20.8 Å². The second kappa shape index (κ2) is 3.91. The molecule has 0 atom stereocenters. The summed E-state index contributed by atoms with van der Waals surface area (Å²) in [6.07, 6.45) is 0.986. The van der Waals surface area contributed by atoms with Crippen LogP contribution < -0.4 is 0 Å². The van der Waals surface area contributed by atoms with Gasteiger partial charge in [-0.15, -0.1) is 0 Å². The van der Waals surface area contributed by atoms with E-state index in [1.165, 1.54) is 5.56 Å². The lowest BCUT2D eigenvalue weighted by Crippen LogP contribution is -1.99. The summed E-state index contributed by atoms with van der Waals surface area (Å²) in [5, 5.41) is 0. The van der Waals surface area contributed by atoms with Crippen LogP contribution in [0.4, 0.5) is 4.39 Å². The summed E-state index contributed by atoms with van der Waals surface area (Å²) >= 11 is 0. The molecule has 0 unspecified atom stereocenters. The Morgan fingerprint density at radius 2 is 1.92 bits per heavy atom. The fraction of sp³-hybridized carbons (Fsp3) is 0.500. The molecule has 0 aliphatic rings. The lowest BCUT2D eigenvalue weighted by atomic mass is 9.92. The van der Waals surface area contributed by atoms with E-state index in [0.717, 1.165) is 17.5 Å². The summed E-state index contributed by atoms with van der Waals surface area (Å²) in [6, 6.07) is 3.28. The van der Waals surface area contributed by atoms with Crippen LogP contribution in [0.1, 0.15) is 43.4 Å². The zero-order chi connectivity index (χ0) is 10.0. The Morgan fingerprint density at radius 1 is 1.31 bits per heavy atom. The largest absolute Gasteiger partial charge is 0.207 e. The van der Waals surface area contributed by atoms with Crippen LogP contribution in [0, 0.1) is 12.7 Å². The first-order valence-corrected chi connectivity index (χ1v) is 4.85. The van der Waals surface area contributed by atoms with Crippen molar-refractivity contribution in [1.82, 2.24) is 0 Å². The molecular weight excluding hydrogens is 163 g/mol. The quantitative estimate of drug-likeness (QED) is 0.649. The molecule has 0 N–H and O–H groups in total. The topological polar surface area (TPSA) is 0 Å². The molecule has 0 radical (unpaired) electrons. The van der Waals surface area contributed by atoms with Gasteiger partial charge in [0.15, 0.2) is 0 Å². The van der Waals surface area contributed by atoms with Crippen LogP contribution in [-0.2, 0) is 6.42 Å². The van der Waals surface area contributed by atoms with Gasteiger partial charge in [-0.2, -0.15) is 0 Å². The van der Waals surface area contributed by atoms with Gasteiger partial charge in [-0.05, 0) is 48.1 Å². The Bertz CT molecular complexity index is 300. The van der Waals surface area contributed by atoms with Crippen molar-refractivity contribution in [1.29, 1.82) is 0 Å². The average Bonchev–Trinajstić information content (AvgIpc) is 2.02. The molecule has 0 aliphatic heterocycles. The van der Waals surface area contributed by atoms with Crippen LogP contribution >= 0.6 is 0 Å². The standard InChI is InChI=1S/C12H17F/c1-5-11-9(4)6-10(13)7-12(11)8(2)3/h6-8H,5H2,1-4H3. The molecule has 0 nitrogen and oxygen atoms in total. The van der Waals surface area contributed by atoms with Crippen LogP contribution in [0.2, 0.25) is 0 Å². The molecule has 1 rings (SSSR count). The first-order chi connectivity index (χ1) is 6.06. The van der Waals surface area contributed by atoms with Gasteiger partial charge in [0.2, 0.25) is 0 Å². The van der Waals surface area contributed by atoms with Crippen LogP contribution in [0.3, 0.4) is 0 Å². The van der Waals surface area contributed by atoms with Crippen molar-refractivity contribution < 1.29 is 4.39 Å². The zero-order valence-electron chi connectivity index (χ0n) is 8.82. The average molecular weight is 180 g/mol. The normalized spacial score (nSPS) is 10.9. The van der Waals surface area contributed by atoms with Gasteiger partial charge in [0.25, 0.3) is 0 Å². The monoisotopic (exact) mass is 180 g/mol. The molecule has 0 bridgehead atoms. The molecule has 1 aromatic rings. The minimum Gasteiger partial charge on any atom is -0.207 e. The summed E-state index contributed by atoms with van der Waals surface area (Å²) in [4.78, 5) is 0. The lowest BCUT2D eigenvalue weighted by molar-refractivity contribution is 0.620. The summed E-state index contributed by atoms with van der Waals surface area (Å²) in [5.74, 6) is 0.294. The van der Waals surface area contributed by atoms with Crippen molar-refractivity contribution in [2.75, 3.05) is 0 Å². The van der Waals surface area contributed by atoms with E-state index in [0.29, 0.717) is 5.92 Å². The van der Waals surface area contributed by atoms with E-state index < -0.39 is 0 Å². The molecule has 0 aromatic heterocycles. The molecule has 1 aromatic carbocycles. The first-order valence-electron chi connectivity index (χ1n) is 4.85. The second-order valence-electron chi connectivity index (χ2n) is 3.80. The number of hydrogen-bond acceptors (Lipinski definition) is 0. The van der Waals surface area contributed by atoms with E-state index in [1.54, 1.807) is 12.1 Å². The predicted octanol–water partition coefficient (Wildman–Crippen LogP) is 3.82. The van der Waals surface area contributed by atoms with E-state index in [4.69, 9.17) is 0 Å². The lowest BCUT2D eigenvalue weighted by Gasteiger charge is -2.14. The van der Waals surface area contributed by atoms with Crippen molar-refractivity contribution in [3.8, 4) is 0 Å². The van der Waals surface area contributed by atoms with E-state index in [9.17, 15) is 4.39 Å². The molecule has 13 heavy (non-hydrogen) atoms. The maximum atomic E-state index is 13.1. The molecule has 0 fully saturated rings. The highest BCUT2D eigenvalue weighted by atomic mass is 19.1. The van der Waals surface area contributed by atoms with Gasteiger partial charge in [0.05, 0.1) is 0 Å². The van der Waals surface area contributed by atoms with Gasteiger partial charge in [0.1, 0.15) is 5.82 Å². The Morgan fingerprint density at radius 3 is 2.38 bits per heavy atom. The van der Waals surface area contributed by atoms with Crippen LogP contribution in [0.25, 0.3) is 0 Å². The highest BCUT2D eigenvalue weighted by molar-refractivity contribution is 5.37. The van der Waals surface area contributed by atoms with E-state index >= 15 is 0 Å². The molecule has 0 heterocycles. The van der Waals surface area contributed by atoms with Crippen LogP contribution in [0.5, 0.6) is 0 Å². The van der Waals surface area contributed by atoms with Gasteiger partial charge in [-0.3, -0.25) is 0 Å². The highest BCUT2D eigenvalue weighted by Gasteiger charge is 2.09. The van der Waals surface area contributed by atoms with Crippen molar-refractivity contribution in [3.63, 3.8) is 0 Å². The second-order valence-corrected chi connectivity index (χ2v) is 3.80. The first kappa shape index (κ1) is 10.2. The van der Waals surface area contributed by atoms with Crippen LogP contribution in [0.15, 0.2) is 12.1 Å². The minimum absolute atomic E-state index is 0.113. The fourth-order valence-electron chi connectivity index (χ4n) is 1.80. The minimum atomic E-state index is -0.113. The molecule has 72 valence electrons. The van der Waals surface area contributed by atoms with Crippen molar-refractivity contribution >= 4 is 0 Å². The van der Waals surface area contributed by atoms with E-state index in [1.807, 2.05) is 6.92 Å². The zero-order valence-corrected chi connectivity index (χ0v) is 8.82. The van der Waals surface area contributed by atoms with Gasteiger partial charge in [-0.25, -0.2) is 4.39 Å². The highest BCUT2D eigenvalue weighted by Crippen LogP contribution is 2.24. The number of hydrogen-bond donors (Lipinski definition) is 0. The third-order valence-electron chi connectivity index (χ3n) is 2.45. The van der Waals surface area contributed by atoms with Gasteiger partial charge < -0.3 is 0 Å². The summed E-state index contributed by atoms with van der Waals surface area (Å²) in [5.41, 5.74) is 3.53. The number of rotatable bonds is 2. The Balaban J connectivity index is 3.29. The maximum absolute atomic E-state index is 13.1. The van der Waals surface area contributed by atoms with Crippen molar-refractivity contribution in [3.05, 3.63) is 34.6 Å².